The summed E-state index contributed by atoms with van der Waals surface area (Å²) in [5, 5.41) is 4.84. The normalized spacial score (nSPS) is 16.8. The number of carbonyl (C=O) groups is 1. The molecule has 0 N–H and O–H groups in total. The smallest absolute Gasteiger partial charge is 0.232 e. The number of halogens is 1. The average Bonchev–Trinajstić information content (AvgIpc) is 3.31. The van der Waals surface area contributed by atoms with Crippen LogP contribution in [-0.4, -0.2) is 34.0 Å². The van der Waals surface area contributed by atoms with Gasteiger partial charge >= 0.3 is 0 Å². The lowest BCUT2D eigenvalue weighted by Crippen LogP contribution is -2.27. The maximum Gasteiger partial charge on any atom is 0.232 e. The molecule has 1 unspecified atom stereocenters. The van der Waals surface area contributed by atoms with Crippen LogP contribution in [-0.2, 0) is 11.2 Å². The summed E-state index contributed by atoms with van der Waals surface area (Å²) >= 11 is 5.92. The second kappa shape index (κ2) is 7.76. The molecule has 0 aliphatic carbocycles. The van der Waals surface area contributed by atoms with Crippen molar-refractivity contribution < 1.29 is 9.32 Å². The van der Waals surface area contributed by atoms with Gasteiger partial charge in [-0.2, -0.15) is 4.98 Å². The summed E-state index contributed by atoms with van der Waals surface area (Å²) in [5.74, 6) is 1.19. The molecule has 6 heteroatoms. The number of benzene rings is 2. The maximum absolute atomic E-state index is 12.4. The molecule has 4 rings (SSSR count). The minimum Gasteiger partial charge on any atom is -0.342 e. The van der Waals surface area contributed by atoms with E-state index in [0.717, 1.165) is 22.6 Å². The van der Waals surface area contributed by atoms with Gasteiger partial charge in [-0.05, 0) is 55.2 Å². The van der Waals surface area contributed by atoms with Crippen LogP contribution in [0, 0.1) is 13.8 Å². The van der Waals surface area contributed by atoms with E-state index in [1.807, 2.05) is 35.2 Å². The van der Waals surface area contributed by atoms with Crippen molar-refractivity contribution in [3.05, 3.63) is 70.1 Å². The molecule has 3 aromatic rings. The summed E-state index contributed by atoms with van der Waals surface area (Å²) < 4.78 is 5.49. The van der Waals surface area contributed by atoms with Crippen LogP contribution < -0.4 is 0 Å². The van der Waals surface area contributed by atoms with Gasteiger partial charge < -0.3 is 9.42 Å². The molecule has 1 saturated heterocycles. The van der Waals surface area contributed by atoms with E-state index in [-0.39, 0.29) is 11.8 Å². The predicted molar refractivity (Wildman–Crippen MR) is 108 cm³/mol. The fourth-order valence-corrected chi connectivity index (χ4v) is 3.59. The van der Waals surface area contributed by atoms with E-state index >= 15 is 0 Å². The first-order valence-electron chi connectivity index (χ1n) is 9.43. The molecule has 144 valence electrons. The van der Waals surface area contributed by atoms with E-state index in [1.54, 1.807) is 0 Å². The first kappa shape index (κ1) is 18.7. The van der Waals surface area contributed by atoms with E-state index < -0.39 is 0 Å². The van der Waals surface area contributed by atoms with Crippen molar-refractivity contribution in [2.45, 2.75) is 32.6 Å². The van der Waals surface area contributed by atoms with Gasteiger partial charge in [0.1, 0.15) is 0 Å². The Morgan fingerprint density at radius 1 is 1.14 bits per heavy atom. The van der Waals surface area contributed by atoms with Crippen molar-refractivity contribution in [1.29, 1.82) is 0 Å². The monoisotopic (exact) mass is 395 g/mol. The van der Waals surface area contributed by atoms with Gasteiger partial charge in [-0.1, -0.05) is 41.0 Å². The zero-order valence-corrected chi connectivity index (χ0v) is 16.7. The molecule has 1 aliphatic heterocycles. The fourth-order valence-electron chi connectivity index (χ4n) is 3.47. The molecule has 2 heterocycles. The zero-order valence-electron chi connectivity index (χ0n) is 16.0. The Morgan fingerprint density at radius 3 is 2.68 bits per heavy atom. The fraction of sp³-hybridized carbons (Fsp3) is 0.318. The number of aromatic nitrogens is 2. The largest absolute Gasteiger partial charge is 0.342 e. The van der Waals surface area contributed by atoms with E-state index in [0.29, 0.717) is 31.2 Å². The van der Waals surface area contributed by atoms with Crippen molar-refractivity contribution in [3.63, 3.8) is 0 Å². The van der Waals surface area contributed by atoms with Gasteiger partial charge in [0.05, 0.1) is 5.92 Å². The molecule has 2 aromatic carbocycles. The molecule has 0 bridgehead atoms. The molecular weight excluding hydrogens is 374 g/mol. The first-order chi connectivity index (χ1) is 13.5. The lowest BCUT2D eigenvalue weighted by atomic mass is 10.1. The minimum atomic E-state index is -0.0505. The van der Waals surface area contributed by atoms with Gasteiger partial charge in [-0.15, -0.1) is 0 Å². The molecule has 0 radical (unpaired) electrons. The molecule has 1 aromatic heterocycles. The molecule has 0 saturated carbocycles. The number of likely N-dealkylation sites (tertiary alicyclic amines) is 1. The van der Waals surface area contributed by atoms with Crippen LogP contribution >= 0.6 is 11.6 Å². The molecule has 1 aliphatic rings. The average molecular weight is 396 g/mol. The van der Waals surface area contributed by atoms with Gasteiger partial charge in [-0.3, -0.25) is 4.79 Å². The van der Waals surface area contributed by atoms with Crippen LogP contribution in [0.3, 0.4) is 0 Å². The number of aryl methyl sites for hydroxylation is 2. The molecule has 0 spiro atoms. The second-order valence-corrected chi connectivity index (χ2v) is 7.81. The summed E-state index contributed by atoms with van der Waals surface area (Å²) in [6.07, 6.45) is 1.21. The number of rotatable bonds is 5. The SMILES string of the molecule is Cc1ccc(-c2noc(C3CC(=O)N(CCc4ccc(Cl)cc4)C3)n2)cc1C. The standard InChI is InChI=1S/C22H22ClN3O2/c1-14-3-6-17(11-15(14)2)21-24-22(28-25-21)18-12-20(27)26(13-18)10-9-16-4-7-19(23)8-5-16/h3-8,11,18H,9-10,12-13H2,1-2H3. The van der Waals surface area contributed by atoms with Gasteiger partial charge in [0.25, 0.3) is 0 Å². The number of nitrogens with zero attached hydrogens (tertiary/aromatic N) is 3. The lowest BCUT2D eigenvalue weighted by molar-refractivity contribution is -0.127. The van der Waals surface area contributed by atoms with Crippen molar-refractivity contribution >= 4 is 17.5 Å². The molecular formula is C22H22ClN3O2. The molecule has 28 heavy (non-hydrogen) atoms. The van der Waals surface area contributed by atoms with Crippen molar-refractivity contribution in [2.75, 3.05) is 13.1 Å². The third-order valence-corrected chi connectivity index (χ3v) is 5.61. The summed E-state index contributed by atoms with van der Waals surface area (Å²) in [6.45, 7) is 5.42. The number of carbonyl (C=O) groups excluding carboxylic acids is 1. The summed E-state index contributed by atoms with van der Waals surface area (Å²) in [5.41, 5.74) is 4.51. The Morgan fingerprint density at radius 2 is 1.93 bits per heavy atom. The number of hydrogen-bond acceptors (Lipinski definition) is 4. The molecule has 1 fully saturated rings. The van der Waals surface area contributed by atoms with Crippen LogP contribution in [0.4, 0.5) is 0 Å². The molecule has 5 nitrogen and oxygen atoms in total. The number of hydrogen-bond donors (Lipinski definition) is 0. The highest BCUT2D eigenvalue weighted by atomic mass is 35.5. The van der Waals surface area contributed by atoms with E-state index in [2.05, 4.69) is 36.1 Å². The van der Waals surface area contributed by atoms with E-state index in [1.165, 1.54) is 11.1 Å². The Labute approximate surface area is 169 Å². The van der Waals surface area contributed by atoms with Gasteiger partial charge in [0.15, 0.2) is 0 Å². The lowest BCUT2D eigenvalue weighted by Gasteiger charge is -2.15. The molecule has 1 amide bonds. The third-order valence-electron chi connectivity index (χ3n) is 5.35. The maximum atomic E-state index is 12.4. The van der Waals surface area contributed by atoms with Gasteiger partial charge in [0, 0.05) is 30.1 Å². The summed E-state index contributed by atoms with van der Waals surface area (Å²) in [4.78, 5) is 18.8. The zero-order chi connectivity index (χ0) is 19.7. The number of amides is 1. The van der Waals surface area contributed by atoms with E-state index in [9.17, 15) is 4.79 Å². The van der Waals surface area contributed by atoms with Crippen LogP contribution in [0.5, 0.6) is 0 Å². The highest BCUT2D eigenvalue weighted by Gasteiger charge is 2.34. The topological polar surface area (TPSA) is 59.2 Å². The van der Waals surface area contributed by atoms with E-state index in [4.69, 9.17) is 16.1 Å². The predicted octanol–water partition coefficient (Wildman–Crippen LogP) is 4.57. The Bertz CT molecular complexity index is 997. The Balaban J connectivity index is 1.41. The van der Waals surface area contributed by atoms with Crippen LogP contribution in [0.25, 0.3) is 11.4 Å². The third kappa shape index (κ3) is 3.94. The van der Waals surface area contributed by atoms with Crippen LogP contribution in [0.2, 0.25) is 5.02 Å². The second-order valence-electron chi connectivity index (χ2n) is 7.37. The van der Waals surface area contributed by atoms with Crippen molar-refractivity contribution in [1.82, 2.24) is 15.0 Å². The van der Waals surface area contributed by atoms with Gasteiger partial charge in [-0.25, -0.2) is 0 Å². The minimum absolute atomic E-state index is 0.0505. The summed E-state index contributed by atoms with van der Waals surface area (Å²) in [6, 6.07) is 13.8. The molecule has 1 atom stereocenters. The summed E-state index contributed by atoms with van der Waals surface area (Å²) in [7, 11) is 0. The first-order valence-corrected chi connectivity index (χ1v) is 9.81. The van der Waals surface area contributed by atoms with Crippen LogP contribution in [0.1, 0.15) is 34.9 Å². The quantitative estimate of drug-likeness (QED) is 0.635. The van der Waals surface area contributed by atoms with Crippen LogP contribution in [0.15, 0.2) is 47.0 Å². The Hall–Kier alpha value is -2.66. The van der Waals surface area contributed by atoms with Gasteiger partial charge in [0.2, 0.25) is 17.6 Å². The highest BCUT2D eigenvalue weighted by molar-refractivity contribution is 6.30. The highest BCUT2D eigenvalue weighted by Crippen LogP contribution is 2.29. The Kier molecular flexibility index (Phi) is 5.18. The van der Waals surface area contributed by atoms with Crippen molar-refractivity contribution in [2.24, 2.45) is 0 Å². The van der Waals surface area contributed by atoms with Crippen molar-refractivity contribution in [3.8, 4) is 11.4 Å².